The van der Waals surface area contributed by atoms with Crippen molar-refractivity contribution in [1.82, 2.24) is 4.98 Å². The SMILES string of the molecule is COc1cc[c-]c2cccnc12.[Li+]. The van der Waals surface area contributed by atoms with E-state index in [-0.39, 0.29) is 18.9 Å². The van der Waals surface area contributed by atoms with Gasteiger partial charge < -0.3 is 9.72 Å². The number of rotatable bonds is 1. The summed E-state index contributed by atoms with van der Waals surface area (Å²) in [5, 5.41) is 0.983. The van der Waals surface area contributed by atoms with Crippen LogP contribution in [0.1, 0.15) is 0 Å². The molecule has 0 unspecified atom stereocenters. The van der Waals surface area contributed by atoms with Crippen LogP contribution in [0.15, 0.2) is 30.5 Å². The van der Waals surface area contributed by atoms with E-state index in [2.05, 4.69) is 11.1 Å². The number of pyridine rings is 1. The van der Waals surface area contributed by atoms with Crippen molar-refractivity contribution in [3.05, 3.63) is 36.5 Å². The standard InChI is InChI=1S/C10H8NO.Li/c1-12-9-6-2-4-8-5-3-7-11-10(8)9;/h2-3,5-7H,1H3;/q-1;+1. The second-order valence-electron chi connectivity index (χ2n) is 2.45. The van der Waals surface area contributed by atoms with E-state index in [0.29, 0.717) is 0 Å². The first kappa shape index (κ1) is 10.1. The molecule has 0 amide bonds. The zero-order valence-electron chi connectivity index (χ0n) is 7.74. The van der Waals surface area contributed by atoms with E-state index >= 15 is 0 Å². The number of methoxy groups -OCH3 is 1. The molecule has 2 rings (SSSR count). The van der Waals surface area contributed by atoms with Crippen LogP contribution in [-0.4, -0.2) is 12.1 Å². The first-order valence-electron chi connectivity index (χ1n) is 3.71. The average molecular weight is 165 g/mol. The second-order valence-corrected chi connectivity index (χ2v) is 2.45. The third-order valence-electron chi connectivity index (χ3n) is 1.73. The van der Waals surface area contributed by atoms with Crippen molar-refractivity contribution in [2.24, 2.45) is 0 Å². The minimum atomic E-state index is 0. The van der Waals surface area contributed by atoms with E-state index in [9.17, 15) is 0 Å². The Morgan fingerprint density at radius 3 is 3.00 bits per heavy atom. The van der Waals surface area contributed by atoms with Gasteiger partial charge in [0.1, 0.15) is 0 Å². The summed E-state index contributed by atoms with van der Waals surface area (Å²) in [6.07, 6.45) is 1.75. The van der Waals surface area contributed by atoms with Crippen LogP contribution in [0.2, 0.25) is 0 Å². The third-order valence-corrected chi connectivity index (χ3v) is 1.73. The van der Waals surface area contributed by atoms with Gasteiger partial charge in [-0.3, -0.25) is 0 Å². The molecule has 2 nitrogen and oxygen atoms in total. The number of ether oxygens (including phenoxy) is 1. The van der Waals surface area contributed by atoms with E-state index in [1.165, 1.54) is 0 Å². The van der Waals surface area contributed by atoms with Gasteiger partial charge in [-0.05, 0) is 0 Å². The maximum Gasteiger partial charge on any atom is 1.00 e. The Balaban J connectivity index is 0.000000845. The summed E-state index contributed by atoms with van der Waals surface area (Å²) in [5.74, 6) is 0.796. The first-order valence-corrected chi connectivity index (χ1v) is 3.71. The molecule has 1 heterocycles. The number of nitrogens with zero attached hydrogens (tertiary/aromatic N) is 1. The van der Waals surface area contributed by atoms with Crippen LogP contribution in [0, 0.1) is 6.07 Å². The Bertz CT molecular complexity index is 398. The predicted molar refractivity (Wildman–Crippen MR) is 47.1 cm³/mol. The molecule has 1 aromatic carbocycles. The topological polar surface area (TPSA) is 22.1 Å². The molecule has 0 fully saturated rings. The number of hydrogen-bond acceptors (Lipinski definition) is 2. The van der Waals surface area contributed by atoms with Gasteiger partial charge in [0.05, 0.1) is 12.9 Å². The van der Waals surface area contributed by atoms with E-state index in [4.69, 9.17) is 4.74 Å². The van der Waals surface area contributed by atoms with Crippen LogP contribution in [0.5, 0.6) is 5.75 Å². The molecular weight excluding hydrogens is 157 g/mol. The Labute approximate surface area is 89.1 Å². The number of benzene rings is 1. The van der Waals surface area contributed by atoms with Crippen molar-refractivity contribution < 1.29 is 23.6 Å². The second kappa shape index (κ2) is 4.32. The third kappa shape index (κ3) is 1.85. The summed E-state index contributed by atoms with van der Waals surface area (Å²) < 4.78 is 5.14. The molecule has 0 N–H and O–H groups in total. The molecule has 0 aliphatic carbocycles. The largest absolute Gasteiger partial charge is 1.00 e. The molecule has 13 heavy (non-hydrogen) atoms. The van der Waals surface area contributed by atoms with Gasteiger partial charge in [-0.25, -0.2) is 0 Å². The maximum absolute atomic E-state index is 5.14. The molecule has 3 heteroatoms. The summed E-state index contributed by atoms with van der Waals surface area (Å²) in [6, 6.07) is 10.6. The van der Waals surface area contributed by atoms with E-state index in [1.54, 1.807) is 13.3 Å². The molecule has 0 saturated heterocycles. The van der Waals surface area contributed by atoms with Gasteiger partial charge in [-0.2, -0.15) is 0 Å². The zero-order valence-corrected chi connectivity index (χ0v) is 7.74. The minimum Gasteiger partial charge on any atom is -0.514 e. The van der Waals surface area contributed by atoms with E-state index in [1.807, 2.05) is 24.3 Å². The van der Waals surface area contributed by atoms with Crippen LogP contribution in [0.3, 0.4) is 0 Å². The average Bonchev–Trinajstić information content (AvgIpc) is 2.17. The number of aromatic nitrogens is 1. The quantitative estimate of drug-likeness (QED) is 0.401. The van der Waals surface area contributed by atoms with Gasteiger partial charge >= 0.3 is 18.9 Å². The van der Waals surface area contributed by atoms with Gasteiger partial charge in [0.2, 0.25) is 0 Å². The number of hydrogen-bond donors (Lipinski definition) is 0. The van der Waals surface area contributed by atoms with Crippen LogP contribution in [0.25, 0.3) is 10.9 Å². The normalized spacial score (nSPS) is 9.31. The first-order chi connectivity index (χ1) is 5.92. The van der Waals surface area contributed by atoms with Crippen LogP contribution in [0.4, 0.5) is 0 Å². The minimum absolute atomic E-state index is 0. The molecule has 0 aliphatic heterocycles. The molecule has 2 aromatic rings. The summed E-state index contributed by atoms with van der Waals surface area (Å²) in [6.45, 7) is 0. The van der Waals surface area contributed by atoms with E-state index in [0.717, 1.165) is 16.7 Å². The van der Waals surface area contributed by atoms with Crippen LogP contribution < -0.4 is 23.6 Å². The fourth-order valence-corrected chi connectivity index (χ4v) is 1.17. The molecule has 0 saturated carbocycles. The summed E-state index contributed by atoms with van der Waals surface area (Å²) in [7, 11) is 1.64. The Hall–Kier alpha value is -0.973. The summed E-state index contributed by atoms with van der Waals surface area (Å²) >= 11 is 0. The Morgan fingerprint density at radius 1 is 1.38 bits per heavy atom. The summed E-state index contributed by atoms with van der Waals surface area (Å²) in [4.78, 5) is 4.20. The fraction of sp³-hybridized carbons (Fsp3) is 0.100. The zero-order chi connectivity index (χ0) is 8.39. The van der Waals surface area contributed by atoms with Gasteiger partial charge in [0, 0.05) is 11.7 Å². The van der Waals surface area contributed by atoms with Crippen molar-refractivity contribution in [2.75, 3.05) is 7.11 Å². The monoisotopic (exact) mass is 165 g/mol. The van der Waals surface area contributed by atoms with Crippen LogP contribution in [-0.2, 0) is 0 Å². The van der Waals surface area contributed by atoms with Crippen molar-refractivity contribution in [3.63, 3.8) is 0 Å². The van der Waals surface area contributed by atoms with Crippen LogP contribution >= 0.6 is 0 Å². The smallest absolute Gasteiger partial charge is 0.514 e. The van der Waals surface area contributed by atoms with Crippen molar-refractivity contribution in [2.45, 2.75) is 0 Å². The van der Waals surface area contributed by atoms with E-state index < -0.39 is 0 Å². The molecule has 0 atom stereocenters. The molecule has 0 radical (unpaired) electrons. The number of fused-ring (bicyclic) bond motifs is 1. The molecule has 1 aromatic heterocycles. The molecule has 0 bridgehead atoms. The Morgan fingerprint density at radius 2 is 2.23 bits per heavy atom. The van der Waals surface area contributed by atoms with Gasteiger partial charge in [-0.1, -0.05) is 12.1 Å². The molecular formula is C10H8LiNO. The molecule has 0 aliphatic rings. The van der Waals surface area contributed by atoms with Crippen molar-refractivity contribution in [3.8, 4) is 5.75 Å². The van der Waals surface area contributed by atoms with Crippen molar-refractivity contribution in [1.29, 1.82) is 0 Å². The predicted octanol–water partition coefficient (Wildman–Crippen LogP) is -0.952. The Kier molecular flexibility index (Phi) is 3.36. The van der Waals surface area contributed by atoms with Crippen molar-refractivity contribution >= 4 is 10.9 Å². The maximum atomic E-state index is 5.14. The van der Waals surface area contributed by atoms with Gasteiger partial charge in [0.25, 0.3) is 0 Å². The molecule has 60 valence electrons. The van der Waals surface area contributed by atoms with Gasteiger partial charge in [-0.15, -0.1) is 23.6 Å². The summed E-state index contributed by atoms with van der Waals surface area (Å²) in [5.41, 5.74) is 0.863. The molecule has 0 spiro atoms. The van der Waals surface area contributed by atoms with Gasteiger partial charge in [0.15, 0.2) is 0 Å². The fourth-order valence-electron chi connectivity index (χ4n) is 1.17.